The molecule has 82 valence electrons. The molecular formula is C10H13BrN2O2. The van der Waals surface area contributed by atoms with Crippen LogP contribution in [0.1, 0.15) is 29.4 Å². The maximum Gasteiger partial charge on any atom is 0.276 e. The third-order valence-corrected chi connectivity index (χ3v) is 2.34. The van der Waals surface area contributed by atoms with Gasteiger partial charge in [-0.15, -0.1) is 0 Å². The fourth-order valence-corrected chi connectivity index (χ4v) is 1.39. The van der Waals surface area contributed by atoms with Crippen molar-refractivity contribution in [2.45, 2.75) is 20.3 Å². The Balaban J connectivity index is 2.68. The number of aryl methyl sites for hydroxylation is 1. The van der Waals surface area contributed by atoms with E-state index >= 15 is 0 Å². The number of hydrogen-bond donors (Lipinski definition) is 1. The molecule has 0 aromatic carbocycles. The topological polar surface area (TPSA) is 51.2 Å². The number of hydrogen-bond acceptors (Lipinski definition) is 3. The number of amides is 1. The van der Waals surface area contributed by atoms with E-state index in [2.05, 4.69) is 26.4 Å². The Bertz CT molecular complexity index is 355. The van der Waals surface area contributed by atoms with Crippen molar-refractivity contribution in [2.75, 3.05) is 6.61 Å². The third kappa shape index (κ3) is 3.60. The zero-order valence-electron chi connectivity index (χ0n) is 8.71. The first-order valence-electron chi connectivity index (χ1n) is 4.69. The number of carbonyl (C=O) groups excluding carboxylic acids is 1. The standard InChI is InChI=1S/C10H13BrN2O2/c1-3-4-15-13-10(14)8-5-7(2)12-6-9(8)11/h5-6H,3-4H2,1-2H3,(H,13,14). The molecule has 0 saturated carbocycles. The highest BCUT2D eigenvalue weighted by Gasteiger charge is 2.10. The Hall–Kier alpha value is -0.940. The van der Waals surface area contributed by atoms with Crippen LogP contribution < -0.4 is 5.48 Å². The number of nitrogens with one attached hydrogen (secondary N) is 1. The van der Waals surface area contributed by atoms with Gasteiger partial charge in [-0.1, -0.05) is 6.92 Å². The number of carbonyl (C=O) groups is 1. The first-order chi connectivity index (χ1) is 7.15. The highest BCUT2D eigenvalue weighted by Crippen LogP contribution is 2.15. The van der Waals surface area contributed by atoms with E-state index in [9.17, 15) is 4.79 Å². The highest BCUT2D eigenvalue weighted by atomic mass is 79.9. The van der Waals surface area contributed by atoms with Crippen molar-refractivity contribution < 1.29 is 9.63 Å². The molecule has 1 aromatic heterocycles. The molecule has 1 aromatic rings. The van der Waals surface area contributed by atoms with Gasteiger partial charge in [0.15, 0.2) is 0 Å². The molecule has 0 radical (unpaired) electrons. The lowest BCUT2D eigenvalue weighted by Crippen LogP contribution is -2.24. The summed E-state index contributed by atoms with van der Waals surface area (Å²) < 4.78 is 0.658. The molecule has 0 aliphatic carbocycles. The van der Waals surface area contributed by atoms with Gasteiger partial charge in [-0.2, -0.15) is 0 Å². The molecule has 1 N–H and O–H groups in total. The predicted octanol–water partition coefficient (Wildman–Crippen LogP) is 2.22. The second kappa shape index (κ2) is 5.82. The summed E-state index contributed by atoms with van der Waals surface area (Å²) in [6, 6.07) is 1.70. The van der Waals surface area contributed by atoms with E-state index in [1.165, 1.54) is 0 Å². The minimum atomic E-state index is -0.263. The quantitative estimate of drug-likeness (QED) is 0.676. The lowest BCUT2D eigenvalue weighted by atomic mass is 10.2. The lowest BCUT2D eigenvalue weighted by molar-refractivity contribution is 0.0314. The summed E-state index contributed by atoms with van der Waals surface area (Å²) in [5.41, 5.74) is 3.69. The molecule has 1 heterocycles. The van der Waals surface area contributed by atoms with Gasteiger partial charge < -0.3 is 0 Å². The second-order valence-electron chi connectivity index (χ2n) is 3.09. The van der Waals surface area contributed by atoms with Crippen LogP contribution in [0.15, 0.2) is 16.7 Å². The Morgan fingerprint density at radius 3 is 3.07 bits per heavy atom. The molecule has 0 saturated heterocycles. The predicted molar refractivity (Wildman–Crippen MR) is 60.4 cm³/mol. The zero-order valence-corrected chi connectivity index (χ0v) is 10.3. The monoisotopic (exact) mass is 272 g/mol. The summed E-state index contributed by atoms with van der Waals surface area (Å²) in [4.78, 5) is 20.6. The van der Waals surface area contributed by atoms with E-state index in [1.54, 1.807) is 12.3 Å². The van der Waals surface area contributed by atoms with Crippen LogP contribution in [0.3, 0.4) is 0 Å². The minimum Gasteiger partial charge on any atom is -0.273 e. The molecule has 0 bridgehead atoms. The molecule has 4 nitrogen and oxygen atoms in total. The van der Waals surface area contributed by atoms with E-state index in [-0.39, 0.29) is 5.91 Å². The van der Waals surface area contributed by atoms with Crippen molar-refractivity contribution in [3.05, 3.63) is 28.0 Å². The molecule has 0 aliphatic rings. The van der Waals surface area contributed by atoms with Crippen LogP contribution >= 0.6 is 15.9 Å². The Kier molecular flexibility index (Phi) is 4.71. The zero-order chi connectivity index (χ0) is 11.3. The Morgan fingerprint density at radius 2 is 2.40 bits per heavy atom. The number of nitrogens with zero attached hydrogens (tertiary/aromatic N) is 1. The molecule has 0 atom stereocenters. The summed E-state index contributed by atoms with van der Waals surface area (Å²) in [6.07, 6.45) is 2.46. The molecule has 0 aliphatic heterocycles. The first kappa shape index (κ1) is 12.1. The molecule has 0 spiro atoms. The fraction of sp³-hybridized carbons (Fsp3) is 0.400. The molecule has 1 rings (SSSR count). The van der Waals surface area contributed by atoms with Crippen molar-refractivity contribution in [2.24, 2.45) is 0 Å². The van der Waals surface area contributed by atoms with Gasteiger partial charge in [0, 0.05) is 16.4 Å². The molecule has 0 fully saturated rings. The minimum absolute atomic E-state index is 0.263. The summed E-state index contributed by atoms with van der Waals surface area (Å²) in [6.45, 7) is 4.31. The van der Waals surface area contributed by atoms with Crippen molar-refractivity contribution in [1.82, 2.24) is 10.5 Å². The number of rotatable bonds is 4. The van der Waals surface area contributed by atoms with Gasteiger partial charge in [-0.05, 0) is 35.3 Å². The molecule has 15 heavy (non-hydrogen) atoms. The maximum atomic E-state index is 11.6. The average Bonchev–Trinajstić information content (AvgIpc) is 2.22. The summed E-state index contributed by atoms with van der Waals surface area (Å²) in [7, 11) is 0. The Labute approximate surface area is 97.1 Å². The van der Waals surface area contributed by atoms with E-state index in [1.807, 2.05) is 13.8 Å². The number of aromatic nitrogens is 1. The largest absolute Gasteiger partial charge is 0.276 e. The van der Waals surface area contributed by atoms with Crippen molar-refractivity contribution in [3.8, 4) is 0 Å². The van der Waals surface area contributed by atoms with Crippen molar-refractivity contribution in [3.63, 3.8) is 0 Å². The molecule has 0 unspecified atom stereocenters. The SMILES string of the molecule is CCCONC(=O)c1cc(C)ncc1Br. The number of pyridine rings is 1. The number of hydroxylamine groups is 1. The van der Waals surface area contributed by atoms with Gasteiger partial charge in [0.05, 0.1) is 12.2 Å². The summed E-state index contributed by atoms with van der Waals surface area (Å²) in [5, 5.41) is 0. The van der Waals surface area contributed by atoms with Gasteiger partial charge in [-0.3, -0.25) is 14.6 Å². The van der Waals surface area contributed by atoms with E-state index < -0.39 is 0 Å². The van der Waals surface area contributed by atoms with Crippen LogP contribution in [-0.2, 0) is 4.84 Å². The average molecular weight is 273 g/mol. The normalized spacial score (nSPS) is 10.1. The fourth-order valence-electron chi connectivity index (χ4n) is 0.991. The van der Waals surface area contributed by atoms with Gasteiger partial charge in [0.1, 0.15) is 0 Å². The lowest BCUT2D eigenvalue weighted by Gasteiger charge is -2.06. The molecular weight excluding hydrogens is 260 g/mol. The van der Waals surface area contributed by atoms with Crippen molar-refractivity contribution in [1.29, 1.82) is 0 Å². The van der Waals surface area contributed by atoms with Crippen LogP contribution in [0.4, 0.5) is 0 Å². The number of halogens is 1. The smallest absolute Gasteiger partial charge is 0.273 e. The van der Waals surface area contributed by atoms with E-state index in [4.69, 9.17) is 4.84 Å². The second-order valence-corrected chi connectivity index (χ2v) is 3.94. The van der Waals surface area contributed by atoms with Crippen LogP contribution in [-0.4, -0.2) is 17.5 Å². The van der Waals surface area contributed by atoms with E-state index in [0.29, 0.717) is 16.6 Å². The Morgan fingerprint density at radius 1 is 1.67 bits per heavy atom. The maximum absolute atomic E-state index is 11.6. The van der Waals surface area contributed by atoms with Gasteiger partial charge in [0.25, 0.3) is 5.91 Å². The van der Waals surface area contributed by atoms with Crippen LogP contribution in [0, 0.1) is 6.92 Å². The van der Waals surface area contributed by atoms with Gasteiger partial charge in [0.2, 0.25) is 0 Å². The molecule has 5 heteroatoms. The summed E-state index contributed by atoms with van der Waals surface area (Å²) >= 11 is 3.26. The van der Waals surface area contributed by atoms with Crippen LogP contribution in [0.5, 0.6) is 0 Å². The van der Waals surface area contributed by atoms with Crippen LogP contribution in [0.25, 0.3) is 0 Å². The van der Waals surface area contributed by atoms with Gasteiger partial charge >= 0.3 is 0 Å². The highest BCUT2D eigenvalue weighted by molar-refractivity contribution is 9.10. The first-order valence-corrected chi connectivity index (χ1v) is 5.48. The third-order valence-electron chi connectivity index (χ3n) is 1.71. The summed E-state index contributed by atoms with van der Waals surface area (Å²) in [5.74, 6) is -0.263. The van der Waals surface area contributed by atoms with Crippen LogP contribution in [0.2, 0.25) is 0 Å². The molecule has 1 amide bonds. The van der Waals surface area contributed by atoms with Crippen molar-refractivity contribution >= 4 is 21.8 Å². The van der Waals surface area contributed by atoms with Gasteiger partial charge in [-0.25, -0.2) is 5.48 Å². The van der Waals surface area contributed by atoms with E-state index in [0.717, 1.165) is 12.1 Å².